The van der Waals surface area contributed by atoms with Crippen molar-refractivity contribution in [1.29, 1.82) is 0 Å². The highest BCUT2D eigenvalue weighted by atomic mass is 16.6. The summed E-state index contributed by atoms with van der Waals surface area (Å²) in [5.74, 6) is 1.00. The standard InChI is InChI=1S/C17H23NO2/c1-13-17(8-10-18(11-9-17)15-6-7-15)19-12-14-4-2-3-5-16(14)20-13/h2-5,13,15H,6-12H2,1H3. The molecule has 2 fully saturated rings. The number of nitrogens with zero attached hydrogens (tertiary/aromatic N) is 1. The van der Waals surface area contributed by atoms with Gasteiger partial charge in [-0.25, -0.2) is 0 Å². The zero-order chi connectivity index (χ0) is 13.6. The van der Waals surface area contributed by atoms with Gasteiger partial charge in [0, 0.05) is 24.7 Å². The summed E-state index contributed by atoms with van der Waals surface area (Å²) in [7, 11) is 0. The van der Waals surface area contributed by atoms with Gasteiger partial charge in [-0.3, -0.25) is 0 Å². The molecule has 1 aromatic carbocycles. The molecular weight excluding hydrogens is 250 g/mol. The average molecular weight is 273 g/mol. The lowest BCUT2D eigenvalue weighted by Gasteiger charge is -2.43. The molecule has 4 rings (SSSR count). The van der Waals surface area contributed by atoms with Crippen molar-refractivity contribution in [2.24, 2.45) is 0 Å². The van der Waals surface area contributed by atoms with Crippen molar-refractivity contribution in [3.05, 3.63) is 29.8 Å². The van der Waals surface area contributed by atoms with Gasteiger partial charge in [0.15, 0.2) is 0 Å². The first-order valence-electron chi connectivity index (χ1n) is 7.89. The molecule has 0 amide bonds. The first-order valence-corrected chi connectivity index (χ1v) is 7.89. The molecule has 108 valence electrons. The van der Waals surface area contributed by atoms with E-state index < -0.39 is 0 Å². The zero-order valence-electron chi connectivity index (χ0n) is 12.2. The van der Waals surface area contributed by atoms with Gasteiger partial charge < -0.3 is 14.4 Å². The first kappa shape index (κ1) is 12.7. The van der Waals surface area contributed by atoms with Gasteiger partial charge in [0.1, 0.15) is 17.5 Å². The maximum atomic E-state index is 6.37. The van der Waals surface area contributed by atoms with E-state index in [1.807, 2.05) is 6.07 Å². The van der Waals surface area contributed by atoms with E-state index in [1.54, 1.807) is 0 Å². The van der Waals surface area contributed by atoms with Gasteiger partial charge in [0.2, 0.25) is 0 Å². The maximum Gasteiger partial charge on any atom is 0.125 e. The minimum Gasteiger partial charge on any atom is -0.487 e. The first-order chi connectivity index (χ1) is 9.77. The highest BCUT2D eigenvalue weighted by Crippen LogP contribution is 2.40. The van der Waals surface area contributed by atoms with Crippen LogP contribution in [-0.4, -0.2) is 35.7 Å². The van der Waals surface area contributed by atoms with Crippen molar-refractivity contribution in [2.45, 2.75) is 57.0 Å². The molecule has 1 aliphatic carbocycles. The molecule has 2 heterocycles. The number of piperidine rings is 1. The Labute approximate surface area is 120 Å². The van der Waals surface area contributed by atoms with Crippen molar-refractivity contribution >= 4 is 0 Å². The predicted molar refractivity (Wildman–Crippen MR) is 77.9 cm³/mol. The second kappa shape index (κ2) is 4.74. The van der Waals surface area contributed by atoms with Crippen LogP contribution >= 0.6 is 0 Å². The number of rotatable bonds is 1. The molecule has 1 saturated heterocycles. The highest BCUT2D eigenvalue weighted by molar-refractivity contribution is 5.34. The van der Waals surface area contributed by atoms with Gasteiger partial charge in [-0.2, -0.15) is 0 Å². The summed E-state index contributed by atoms with van der Waals surface area (Å²) in [6.45, 7) is 5.18. The monoisotopic (exact) mass is 273 g/mol. The number of hydrogen-bond donors (Lipinski definition) is 0. The Morgan fingerprint density at radius 1 is 1.15 bits per heavy atom. The van der Waals surface area contributed by atoms with Gasteiger partial charge in [-0.15, -0.1) is 0 Å². The smallest absolute Gasteiger partial charge is 0.125 e. The van der Waals surface area contributed by atoms with E-state index >= 15 is 0 Å². The summed E-state index contributed by atoms with van der Waals surface area (Å²) >= 11 is 0. The van der Waals surface area contributed by atoms with E-state index in [-0.39, 0.29) is 11.7 Å². The molecule has 1 unspecified atom stereocenters. The molecule has 3 aliphatic rings. The van der Waals surface area contributed by atoms with E-state index in [9.17, 15) is 0 Å². The lowest BCUT2D eigenvalue weighted by molar-refractivity contribution is -0.136. The third kappa shape index (κ3) is 2.13. The number of benzene rings is 1. The molecule has 3 nitrogen and oxygen atoms in total. The number of hydrogen-bond acceptors (Lipinski definition) is 3. The molecular formula is C17H23NO2. The van der Waals surface area contributed by atoms with Crippen LogP contribution in [0.5, 0.6) is 5.75 Å². The Balaban J connectivity index is 1.52. The van der Waals surface area contributed by atoms with Crippen molar-refractivity contribution in [3.63, 3.8) is 0 Å². The summed E-state index contributed by atoms with van der Waals surface area (Å²) in [5.41, 5.74) is 1.09. The molecule has 0 radical (unpaired) electrons. The third-order valence-electron chi connectivity index (χ3n) is 5.24. The third-order valence-corrected chi connectivity index (χ3v) is 5.24. The summed E-state index contributed by atoms with van der Waals surface area (Å²) in [6.07, 6.45) is 5.11. The van der Waals surface area contributed by atoms with Crippen LogP contribution in [0.4, 0.5) is 0 Å². The maximum absolute atomic E-state index is 6.37. The molecule has 2 aliphatic heterocycles. The van der Waals surface area contributed by atoms with Crippen LogP contribution in [0.3, 0.4) is 0 Å². The SMILES string of the molecule is CC1Oc2ccccc2COC12CCN(C1CC1)CC2. The van der Waals surface area contributed by atoms with Crippen LogP contribution in [0.1, 0.15) is 38.2 Å². The quantitative estimate of drug-likeness (QED) is 0.785. The molecule has 1 atom stereocenters. The second-order valence-corrected chi connectivity index (χ2v) is 6.49. The Kier molecular flexibility index (Phi) is 3.00. The minimum absolute atomic E-state index is 0.0928. The molecule has 3 heteroatoms. The van der Waals surface area contributed by atoms with Crippen molar-refractivity contribution in [3.8, 4) is 5.75 Å². The molecule has 1 saturated carbocycles. The van der Waals surface area contributed by atoms with Gasteiger partial charge in [-0.05, 0) is 38.7 Å². The van der Waals surface area contributed by atoms with E-state index in [0.717, 1.165) is 37.7 Å². The molecule has 0 N–H and O–H groups in total. The van der Waals surface area contributed by atoms with Gasteiger partial charge in [0.05, 0.1) is 6.61 Å². The Hall–Kier alpha value is -1.06. The summed E-state index contributed by atoms with van der Waals surface area (Å²) in [5, 5.41) is 0. The average Bonchev–Trinajstić information content (AvgIpc) is 3.31. The fourth-order valence-corrected chi connectivity index (χ4v) is 3.63. The predicted octanol–water partition coefficient (Wildman–Crippen LogP) is 2.98. The second-order valence-electron chi connectivity index (χ2n) is 6.49. The van der Waals surface area contributed by atoms with E-state index in [0.29, 0.717) is 6.61 Å². The van der Waals surface area contributed by atoms with E-state index in [2.05, 4.69) is 30.0 Å². The molecule has 0 aromatic heterocycles. The molecule has 0 bridgehead atoms. The normalized spacial score (nSPS) is 29.6. The minimum atomic E-state index is -0.0928. The van der Waals surface area contributed by atoms with Crippen LogP contribution < -0.4 is 4.74 Å². The number of fused-ring (bicyclic) bond motifs is 1. The number of para-hydroxylation sites is 1. The summed E-state index contributed by atoms with van der Waals surface area (Å²) in [6, 6.07) is 9.14. The highest BCUT2D eigenvalue weighted by Gasteiger charge is 2.45. The van der Waals surface area contributed by atoms with Crippen LogP contribution in [0.15, 0.2) is 24.3 Å². The molecule has 1 aromatic rings. The van der Waals surface area contributed by atoms with Crippen molar-refractivity contribution in [2.75, 3.05) is 13.1 Å². The van der Waals surface area contributed by atoms with Crippen LogP contribution in [0, 0.1) is 0 Å². The summed E-state index contributed by atoms with van der Waals surface area (Å²) < 4.78 is 12.6. The topological polar surface area (TPSA) is 21.7 Å². The van der Waals surface area contributed by atoms with Crippen LogP contribution in [-0.2, 0) is 11.3 Å². The Morgan fingerprint density at radius 3 is 2.65 bits per heavy atom. The zero-order valence-corrected chi connectivity index (χ0v) is 12.2. The van der Waals surface area contributed by atoms with E-state index in [4.69, 9.17) is 9.47 Å². The van der Waals surface area contributed by atoms with Gasteiger partial charge >= 0.3 is 0 Å². The number of likely N-dealkylation sites (tertiary alicyclic amines) is 1. The van der Waals surface area contributed by atoms with Crippen LogP contribution in [0.2, 0.25) is 0 Å². The largest absolute Gasteiger partial charge is 0.487 e. The van der Waals surface area contributed by atoms with Gasteiger partial charge in [-0.1, -0.05) is 18.2 Å². The molecule has 20 heavy (non-hydrogen) atoms. The number of ether oxygens (including phenoxy) is 2. The summed E-state index contributed by atoms with van der Waals surface area (Å²) in [4.78, 5) is 2.64. The fourth-order valence-electron chi connectivity index (χ4n) is 3.63. The van der Waals surface area contributed by atoms with Gasteiger partial charge in [0.25, 0.3) is 0 Å². The fraction of sp³-hybridized carbons (Fsp3) is 0.647. The van der Waals surface area contributed by atoms with Crippen molar-refractivity contribution in [1.82, 2.24) is 4.90 Å². The van der Waals surface area contributed by atoms with E-state index in [1.165, 1.54) is 18.4 Å². The Morgan fingerprint density at radius 2 is 1.90 bits per heavy atom. The molecule has 1 spiro atoms. The lowest BCUT2D eigenvalue weighted by Crippen LogP contribution is -2.53. The van der Waals surface area contributed by atoms with Crippen molar-refractivity contribution < 1.29 is 9.47 Å². The van der Waals surface area contributed by atoms with Crippen LogP contribution in [0.25, 0.3) is 0 Å². The lowest BCUT2D eigenvalue weighted by atomic mass is 9.86. The Bertz CT molecular complexity index is 490.